The minimum Gasteiger partial charge on any atom is -0.279 e. The van der Waals surface area contributed by atoms with Gasteiger partial charge < -0.3 is 0 Å². The number of carbonyl (C=O) groups is 1. The number of carbonyl (C=O) groups excluding carboxylic acids is 1. The molecule has 0 radical (unpaired) electrons. The van der Waals surface area contributed by atoms with Crippen molar-refractivity contribution in [2.24, 2.45) is 0 Å². The SMILES string of the molecule is Cc1ccc(SC(=O)c2cnccn2)cc1. The van der Waals surface area contributed by atoms with Crippen molar-refractivity contribution in [3.05, 3.63) is 54.1 Å². The lowest BCUT2D eigenvalue weighted by Gasteiger charge is -2.00. The van der Waals surface area contributed by atoms with Gasteiger partial charge in [0.2, 0.25) is 5.12 Å². The number of hydrogen-bond donors (Lipinski definition) is 0. The maximum Gasteiger partial charge on any atom is 0.244 e. The van der Waals surface area contributed by atoms with Gasteiger partial charge in [-0.2, -0.15) is 0 Å². The standard InChI is InChI=1S/C12H10N2OS/c1-9-2-4-10(5-3-9)16-12(15)11-8-13-6-7-14-11/h2-8H,1H3. The summed E-state index contributed by atoms with van der Waals surface area (Å²) in [6.07, 6.45) is 4.54. The van der Waals surface area contributed by atoms with E-state index in [0.29, 0.717) is 5.69 Å². The van der Waals surface area contributed by atoms with Crippen molar-refractivity contribution in [1.29, 1.82) is 0 Å². The van der Waals surface area contributed by atoms with Crippen LogP contribution in [0.15, 0.2) is 47.8 Å². The molecule has 2 aromatic rings. The molecule has 0 bridgehead atoms. The Labute approximate surface area is 97.9 Å². The molecule has 1 heterocycles. The third-order valence-electron chi connectivity index (χ3n) is 2.00. The summed E-state index contributed by atoms with van der Waals surface area (Å²) in [5.41, 5.74) is 1.56. The fraction of sp³-hybridized carbons (Fsp3) is 0.0833. The fourth-order valence-electron chi connectivity index (χ4n) is 1.17. The van der Waals surface area contributed by atoms with Gasteiger partial charge in [0, 0.05) is 17.3 Å². The summed E-state index contributed by atoms with van der Waals surface area (Å²) in [6.45, 7) is 2.01. The van der Waals surface area contributed by atoms with E-state index >= 15 is 0 Å². The maximum absolute atomic E-state index is 11.8. The van der Waals surface area contributed by atoms with Crippen LogP contribution in [-0.4, -0.2) is 15.1 Å². The molecule has 3 nitrogen and oxygen atoms in total. The molecule has 0 unspecified atom stereocenters. The topological polar surface area (TPSA) is 42.9 Å². The number of nitrogens with zero attached hydrogens (tertiary/aromatic N) is 2. The Morgan fingerprint density at radius 1 is 1.19 bits per heavy atom. The van der Waals surface area contributed by atoms with E-state index in [9.17, 15) is 4.79 Å². The zero-order valence-electron chi connectivity index (χ0n) is 8.75. The van der Waals surface area contributed by atoms with Gasteiger partial charge in [-0.05, 0) is 30.8 Å². The molecular formula is C12H10N2OS. The van der Waals surface area contributed by atoms with Crippen LogP contribution in [0.3, 0.4) is 0 Å². The largest absolute Gasteiger partial charge is 0.279 e. The van der Waals surface area contributed by atoms with E-state index < -0.39 is 0 Å². The molecule has 0 N–H and O–H groups in total. The fourth-order valence-corrected chi connectivity index (χ4v) is 1.87. The number of hydrogen-bond acceptors (Lipinski definition) is 4. The van der Waals surface area contributed by atoms with Crippen molar-refractivity contribution in [3.63, 3.8) is 0 Å². The Kier molecular flexibility index (Phi) is 3.31. The summed E-state index contributed by atoms with van der Waals surface area (Å²) < 4.78 is 0. The molecule has 1 aromatic carbocycles. The van der Waals surface area contributed by atoms with Gasteiger partial charge in [0.15, 0.2) is 0 Å². The van der Waals surface area contributed by atoms with Crippen molar-refractivity contribution in [2.45, 2.75) is 11.8 Å². The Morgan fingerprint density at radius 3 is 2.56 bits per heavy atom. The zero-order valence-corrected chi connectivity index (χ0v) is 9.57. The second-order valence-corrected chi connectivity index (χ2v) is 4.34. The van der Waals surface area contributed by atoms with Crippen LogP contribution < -0.4 is 0 Å². The van der Waals surface area contributed by atoms with Gasteiger partial charge in [0.05, 0.1) is 6.20 Å². The van der Waals surface area contributed by atoms with E-state index in [1.54, 1.807) is 6.20 Å². The molecule has 0 aliphatic rings. The molecule has 4 heteroatoms. The van der Waals surface area contributed by atoms with E-state index in [-0.39, 0.29) is 5.12 Å². The highest BCUT2D eigenvalue weighted by atomic mass is 32.2. The third-order valence-corrected chi connectivity index (χ3v) is 2.91. The van der Waals surface area contributed by atoms with Crippen LogP contribution in [0.5, 0.6) is 0 Å². The Bertz CT molecular complexity index is 482. The lowest BCUT2D eigenvalue weighted by Crippen LogP contribution is -1.97. The molecule has 80 valence electrons. The minimum atomic E-state index is -0.0862. The molecule has 1 aromatic heterocycles. The summed E-state index contributed by atoms with van der Waals surface area (Å²) in [5, 5.41) is -0.0862. The second-order valence-electron chi connectivity index (χ2n) is 3.29. The first kappa shape index (κ1) is 10.8. The van der Waals surface area contributed by atoms with Gasteiger partial charge in [-0.15, -0.1) is 0 Å². The van der Waals surface area contributed by atoms with Gasteiger partial charge in [-0.1, -0.05) is 17.7 Å². The molecule has 0 aliphatic heterocycles. The zero-order chi connectivity index (χ0) is 11.4. The number of aryl methyl sites for hydroxylation is 1. The first-order valence-corrected chi connectivity index (χ1v) is 5.62. The monoisotopic (exact) mass is 230 g/mol. The molecule has 0 amide bonds. The van der Waals surface area contributed by atoms with Crippen LogP contribution in [-0.2, 0) is 0 Å². The first-order valence-electron chi connectivity index (χ1n) is 4.80. The highest BCUT2D eigenvalue weighted by Crippen LogP contribution is 2.21. The third kappa shape index (κ3) is 2.67. The molecule has 0 fully saturated rings. The quantitative estimate of drug-likeness (QED) is 0.744. The molecular weight excluding hydrogens is 220 g/mol. The molecule has 0 saturated heterocycles. The lowest BCUT2D eigenvalue weighted by atomic mass is 10.2. The molecule has 16 heavy (non-hydrogen) atoms. The van der Waals surface area contributed by atoms with E-state index in [1.807, 2.05) is 31.2 Å². The number of benzene rings is 1. The summed E-state index contributed by atoms with van der Waals surface area (Å²) in [6, 6.07) is 7.81. The van der Waals surface area contributed by atoms with Crippen molar-refractivity contribution in [3.8, 4) is 0 Å². The van der Waals surface area contributed by atoms with Crippen molar-refractivity contribution < 1.29 is 4.79 Å². The summed E-state index contributed by atoms with van der Waals surface area (Å²) in [7, 11) is 0. The van der Waals surface area contributed by atoms with Gasteiger partial charge in [0.1, 0.15) is 5.69 Å². The highest BCUT2D eigenvalue weighted by Gasteiger charge is 2.08. The number of aromatic nitrogens is 2. The maximum atomic E-state index is 11.8. The first-order chi connectivity index (χ1) is 7.75. The van der Waals surface area contributed by atoms with Gasteiger partial charge in [-0.3, -0.25) is 9.78 Å². The van der Waals surface area contributed by atoms with Crippen LogP contribution in [0.25, 0.3) is 0 Å². The van der Waals surface area contributed by atoms with Crippen molar-refractivity contribution >= 4 is 16.9 Å². The Morgan fingerprint density at radius 2 is 1.94 bits per heavy atom. The second kappa shape index (κ2) is 4.90. The van der Waals surface area contributed by atoms with Crippen LogP contribution in [0, 0.1) is 6.92 Å². The van der Waals surface area contributed by atoms with Gasteiger partial charge in [0.25, 0.3) is 0 Å². The molecule has 0 aliphatic carbocycles. The molecule has 0 saturated carbocycles. The van der Waals surface area contributed by atoms with E-state index in [1.165, 1.54) is 18.0 Å². The van der Waals surface area contributed by atoms with Gasteiger partial charge in [-0.25, -0.2) is 4.98 Å². The Hall–Kier alpha value is -1.68. The van der Waals surface area contributed by atoms with Crippen LogP contribution in [0.2, 0.25) is 0 Å². The smallest absolute Gasteiger partial charge is 0.244 e. The average molecular weight is 230 g/mol. The van der Waals surface area contributed by atoms with Crippen LogP contribution in [0.4, 0.5) is 0 Å². The average Bonchev–Trinajstić information content (AvgIpc) is 2.33. The normalized spacial score (nSPS) is 10.1. The van der Waals surface area contributed by atoms with Crippen LogP contribution >= 0.6 is 11.8 Å². The van der Waals surface area contributed by atoms with Crippen LogP contribution in [0.1, 0.15) is 16.1 Å². The van der Waals surface area contributed by atoms with Gasteiger partial charge >= 0.3 is 0 Å². The van der Waals surface area contributed by atoms with E-state index in [0.717, 1.165) is 16.7 Å². The number of rotatable bonds is 2. The highest BCUT2D eigenvalue weighted by molar-refractivity contribution is 8.14. The minimum absolute atomic E-state index is 0.0862. The predicted molar refractivity (Wildman–Crippen MR) is 63.4 cm³/mol. The Balaban J connectivity index is 2.11. The summed E-state index contributed by atoms with van der Waals surface area (Å²) in [5.74, 6) is 0. The van der Waals surface area contributed by atoms with E-state index in [2.05, 4.69) is 9.97 Å². The molecule has 0 atom stereocenters. The molecule has 0 spiro atoms. The summed E-state index contributed by atoms with van der Waals surface area (Å²) in [4.78, 5) is 20.5. The summed E-state index contributed by atoms with van der Waals surface area (Å²) >= 11 is 1.16. The van der Waals surface area contributed by atoms with E-state index in [4.69, 9.17) is 0 Å². The van der Waals surface area contributed by atoms with Crippen molar-refractivity contribution in [1.82, 2.24) is 9.97 Å². The van der Waals surface area contributed by atoms with Crippen molar-refractivity contribution in [2.75, 3.05) is 0 Å². The molecule has 2 rings (SSSR count). The predicted octanol–water partition coefficient (Wildman–Crippen LogP) is 2.72. The number of thioether (sulfide) groups is 1. The lowest BCUT2D eigenvalue weighted by molar-refractivity contribution is 0.108.